The highest BCUT2D eigenvalue weighted by Gasteiger charge is 2.07. The molecule has 0 aliphatic rings. The maximum Gasteiger partial charge on any atom is 0.335 e. The van der Waals surface area contributed by atoms with E-state index < -0.39 is 84.0 Å². The van der Waals surface area contributed by atoms with Crippen LogP contribution in [0.1, 0.15) is 35.7 Å². The molecule has 150 valence electrons. The van der Waals surface area contributed by atoms with Crippen LogP contribution in [-0.4, -0.2) is 35.8 Å². The van der Waals surface area contributed by atoms with Gasteiger partial charge in [0.15, 0.2) is 0 Å². The van der Waals surface area contributed by atoms with E-state index in [-0.39, 0.29) is 23.2 Å². The lowest BCUT2D eigenvalue weighted by Gasteiger charge is -2.13. The van der Waals surface area contributed by atoms with E-state index in [0.29, 0.717) is 5.69 Å². The first-order valence-electron chi connectivity index (χ1n) is 13.5. The van der Waals surface area contributed by atoms with Gasteiger partial charge in [-0.1, -0.05) is 47.9 Å². The van der Waals surface area contributed by atoms with Gasteiger partial charge in [0.2, 0.25) is 0 Å². The number of carbonyl (C=O) groups is 1. The van der Waals surface area contributed by atoms with Crippen LogP contribution in [0.5, 0.6) is 0 Å². The molecule has 5 nitrogen and oxygen atoms in total. The molecule has 0 heterocycles. The van der Waals surface area contributed by atoms with Crippen molar-refractivity contribution in [3.63, 3.8) is 0 Å². The van der Waals surface area contributed by atoms with E-state index in [1.54, 1.807) is 6.07 Å². The molecule has 0 saturated heterocycles. The fraction of sp³-hybridized carbons (Fsp3) is 0.174. The topological polar surface area (TPSA) is 81.6 Å². The first-order valence-corrected chi connectivity index (χ1v) is 8.83. The Kier molecular flexibility index (Phi) is 3.94. The van der Waals surface area contributed by atoms with E-state index >= 15 is 0 Å². The summed E-state index contributed by atoms with van der Waals surface area (Å²) < 4.78 is 79.8. The summed E-state index contributed by atoms with van der Waals surface area (Å²) in [6, 6.07) is 1.42. The molecule has 1 atom stereocenters. The first-order chi connectivity index (χ1) is 18.1. The molecule has 0 spiro atoms. The van der Waals surface area contributed by atoms with Crippen LogP contribution in [-0.2, 0) is 0 Å². The highest BCUT2D eigenvalue weighted by molar-refractivity contribution is 6.30. The van der Waals surface area contributed by atoms with Crippen LogP contribution in [0.25, 0.3) is 11.1 Å². The second-order valence-electron chi connectivity index (χ2n) is 5.79. The van der Waals surface area contributed by atoms with Crippen LogP contribution in [0.3, 0.4) is 0 Å². The number of aliphatic hydroxyl groups is 1. The highest BCUT2D eigenvalue weighted by Crippen LogP contribution is 2.23. The Bertz CT molecular complexity index is 1430. The van der Waals surface area contributed by atoms with Gasteiger partial charge >= 0.3 is 5.97 Å². The molecule has 0 aliphatic carbocycles. The smallest absolute Gasteiger partial charge is 0.335 e. The standard InChI is InChI=1S/C23H23ClN2O3/c24-20-8-2-6-18(13-20)22(27)15-25-10-11-26-21-9-3-5-17(14-21)16-4-1-7-19(12-16)23(28)29/h1-9,12-14,22,25-27H,10-11,15H2,(H,28,29)/t22-/m0/s1/i1D,2D,4D,6D,7D,8D,10D2,12D,13D. The Labute approximate surface area is 189 Å². The van der Waals surface area contributed by atoms with Crippen molar-refractivity contribution in [2.45, 2.75) is 6.10 Å². The summed E-state index contributed by atoms with van der Waals surface area (Å²) in [4.78, 5) is 11.5. The lowest BCUT2D eigenvalue weighted by atomic mass is 10.0. The number of hydrogen-bond acceptors (Lipinski definition) is 4. The minimum atomic E-state index is -2.15. The predicted molar refractivity (Wildman–Crippen MR) is 117 cm³/mol. The molecular formula is C23H23ClN2O3. The Morgan fingerprint density at radius 2 is 2.00 bits per heavy atom. The zero-order valence-electron chi connectivity index (χ0n) is 25.0. The molecule has 6 heteroatoms. The summed E-state index contributed by atoms with van der Waals surface area (Å²) in [5.74, 6) is -1.57. The molecule has 29 heavy (non-hydrogen) atoms. The minimum absolute atomic E-state index is 0.162. The number of carboxylic acid groups (broad SMARTS) is 1. The molecule has 3 rings (SSSR count). The third kappa shape index (κ3) is 6.06. The lowest BCUT2D eigenvalue weighted by Crippen LogP contribution is -2.26. The van der Waals surface area contributed by atoms with Crippen molar-refractivity contribution in [2.24, 2.45) is 0 Å². The van der Waals surface area contributed by atoms with Gasteiger partial charge in [-0.15, -0.1) is 0 Å². The number of carboxylic acids is 1. The van der Waals surface area contributed by atoms with E-state index in [2.05, 4.69) is 10.6 Å². The quantitative estimate of drug-likeness (QED) is 0.411. The number of benzene rings is 3. The Hall–Kier alpha value is -2.86. The number of hydrogen-bond donors (Lipinski definition) is 4. The summed E-state index contributed by atoms with van der Waals surface area (Å²) in [6.07, 6.45) is -1.57. The third-order valence-electron chi connectivity index (χ3n) is 3.74. The van der Waals surface area contributed by atoms with E-state index in [1.165, 1.54) is 18.2 Å². The molecule has 0 unspecified atom stereocenters. The summed E-state index contributed by atoms with van der Waals surface area (Å²) in [6.45, 7) is -2.96. The molecule has 0 aliphatic heterocycles. The number of rotatable bonds is 9. The Balaban J connectivity index is 1.78. The van der Waals surface area contributed by atoms with Crippen molar-refractivity contribution in [3.8, 4) is 11.1 Å². The Morgan fingerprint density at radius 3 is 2.83 bits per heavy atom. The fourth-order valence-electron chi connectivity index (χ4n) is 2.36. The summed E-state index contributed by atoms with van der Waals surface area (Å²) >= 11 is 5.86. The van der Waals surface area contributed by atoms with Crippen molar-refractivity contribution in [2.75, 3.05) is 24.9 Å². The SMILES string of the molecule is [2H]c1c([2H])c(C(=O)O)c([2H])c(-c2cccc(NCC([2H])([2H])NC[C@H](O)c3c([2H])c([2H])c([2H])c(Cl)c3[2H])c2)c1[2H]. The van der Waals surface area contributed by atoms with E-state index in [9.17, 15) is 15.0 Å². The average Bonchev–Trinajstić information content (AvgIpc) is 2.87. The van der Waals surface area contributed by atoms with E-state index in [1.807, 2.05) is 0 Å². The van der Waals surface area contributed by atoms with Crippen molar-refractivity contribution >= 4 is 23.3 Å². The molecule has 0 amide bonds. The van der Waals surface area contributed by atoms with Gasteiger partial charge in [-0.05, 0) is 53.0 Å². The molecule has 0 saturated carbocycles. The van der Waals surface area contributed by atoms with Gasteiger partial charge < -0.3 is 20.8 Å². The summed E-state index contributed by atoms with van der Waals surface area (Å²) in [5, 5.41) is 24.8. The van der Waals surface area contributed by atoms with Gasteiger partial charge in [0.05, 0.1) is 22.6 Å². The molecular weight excluding hydrogens is 388 g/mol. The molecule has 3 aromatic rings. The number of anilines is 1. The molecule has 0 aromatic heterocycles. The van der Waals surface area contributed by atoms with Crippen molar-refractivity contribution < 1.29 is 28.7 Å². The average molecular weight is 421 g/mol. The maximum absolute atomic E-state index is 11.5. The second kappa shape index (κ2) is 10.1. The summed E-state index contributed by atoms with van der Waals surface area (Å²) in [5.41, 5.74) is -0.636. The van der Waals surface area contributed by atoms with E-state index in [4.69, 9.17) is 25.3 Å². The molecule has 4 N–H and O–H groups in total. The largest absolute Gasteiger partial charge is 0.478 e. The second-order valence-corrected chi connectivity index (χ2v) is 6.17. The third-order valence-corrected chi connectivity index (χ3v) is 3.93. The van der Waals surface area contributed by atoms with Crippen molar-refractivity contribution in [3.05, 3.63) is 88.8 Å². The summed E-state index contributed by atoms with van der Waals surface area (Å²) in [7, 11) is 0. The van der Waals surface area contributed by atoms with Crippen LogP contribution < -0.4 is 10.6 Å². The van der Waals surface area contributed by atoms with Gasteiger partial charge in [0.1, 0.15) is 0 Å². The lowest BCUT2D eigenvalue weighted by molar-refractivity contribution is 0.0697. The van der Waals surface area contributed by atoms with Crippen LogP contribution in [0.4, 0.5) is 5.69 Å². The normalized spacial score (nSPS) is 17.2. The van der Waals surface area contributed by atoms with Gasteiger partial charge in [0.25, 0.3) is 0 Å². The minimum Gasteiger partial charge on any atom is -0.478 e. The zero-order chi connectivity index (χ0) is 29.4. The van der Waals surface area contributed by atoms with Crippen LogP contribution in [0, 0.1) is 0 Å². The van der Waals surface area contributed by atoms with Crippen LogP contribution >= 0.6 is 11.6 Å². The van der Waals surface area contributed by atoms with E-state index in [0.717, 1.165) is 0 Å². The predicted octanol–water partition coefficient (Wildman–Crippen LogP) is 4.44. The monoisotopic (exact) mass is 420 g/mol. The van der Waals surface area contributed by atoms with Crippen LogP contribution in [0.2, 0.25) is 5.02 Å². The molecule has 0 fully saturated rings. The zero-order valence-corrected chi connectivity index (χ0v) is 15.7. The van der Waals surface area contributed by atoms with Gasteiger partial charge in [-0.2, -0.15) is 0 Å². The molecule has 0 bridgehead atoms. The Morgan fingerprint density at radius 1 is 1.17 bits per heavy atom. The number of aromatic carboxylic acids is 1. The molecule has 0 radical (unpaired) electrons. The highest BCUT2D eigenvalue weighted by atomic mass is 35.5. The number of nitrogens with one attached hydrogen (secondary N) is 2. The number of aliphatic hydroxyl groups excluding tert-OH is 1. The van der Waals surface area contributed by atoms with Gasteiger partial charge in [-0.3, -0.25) is 0 Å². The first kappa shape index (κ1) is 11.4. The van der Waals surface area contributed by atoms with Gasteiger partial charge in [0, 0.05) is 33.0 Å². The van der Waals surface area contributed by atoms with Gasteiger partial charge in [-0.25, -0.2) is 4.79 Å². The van der Waals surface area contributed by atoms with Crippen molar-refractivity contribution in [1.82, 2.24) is 5.32 Å². The number of halogens is 1. The molecule has 3 aromatic carbocycles. The maximum atomic E-state index is 11.5. The van der Waals surface area contributed by atoms with Crippen LogP contribution in [0.15, 0.2) is 72.6 Å². The van der Waals surface area contributed by atoms with Crippen molar-refractivity contribution in [1.29, 1.82) is 0 Å². The fourth-order valence-corrected chi connectivity index (χ4v) is 2.51.